The highest BCUT2D eigenvalue weighted by molar-refractivity contribution is 6.13. The van der Waals surface area contributed by atoms with E-state index in [9.17, 15) is 4.79 Å². The molecule has 3 heterocycles. The minimum atomic E-state index is -0.0960. The van der Waals surface area contributed by atoms with Crippen LogP contribution in [0.15, 0.2) is 156 Å². The fraction of sp³-hybridized carbons (Fsp3) is 0. The molecule has 0 saturated carbocycles. The molecule has 6 heteroatoms. The second-order valence-electron chi connectivity index (χ2n) is 11.5. The van der Waals surface area contributed by atoms with Crippen molar-refractivity contribution in [1.82, 2.24) is 24.3 Å². The molecule has 0 aliphatic heterocycles. The summed E-state index contributed by atoms with van der Waals surface area (Å²) in [6.45, 7) is 0. The van der Waals surface area contributed by atoms with Gasteiger partial charge in [-0.2, -0.15) is 0 Å². The van der Waals surface area contributed by atoms with Crippen LogP contribution in [0.1, 0.15) is 0 Å². The summed E-state index contributed by atoms with van der Waals surface area (Å²) in [6.07, 6.45) is 0. The summed E-state index contributed by atoms with van der Waals surface area (Å²) in [5, 5.41) is 2.56. The van der Waals surface area contributed by atoms with E-state index < -0.39 is 0 Å². The zero-order valence-electron chi connectivity index (χ0n) is 25.1. The lowest BCUT2D eigenvalue weighted by Gasteiger charge is -2.10. The molecule has 0 saturated heterocycles. The van der Waals surface area contributed by atoms with Gasteiger partial charge in [0.05, 0.1) is 11.0 Å². The van der Waals surface area contributed by atoms with E-state index in [0.717, 1.165) is 55.2 Å². The highest BCUT2D eigenvalue weighted by Gasteiger charge is 2.21. The summed E-state index contributed by atoms with van der Waals surface area (Å²) in [6, 6.07) is 50.1. The molecule has 220 valence electrons. The molecule has 6 nitrogen and oxygen atoms in total. The van der Waals surface area contributed by atoms with Crippen LogP contribution in [0, 0.1) is 0 Å². The van der Waals surface area contributed by atoms with Crippen LogP contribution < -0.4 is 5.56 Å². The number of fused-ring (bicyclic) bond motifs is 2. The maximum atomic E-state index is 14.2. The van der Waals surface area contributed by atoms with Gasteiger partial charge in [0, 0.05) is 33.0 Å². The zero-order chi connectivity index (χ0) is 31.3. The molecule has 0 atom stereocenters. The van der Waals surface area contributed by atoms with Crippen LogP contribution in [-0.4, -0.2) is 24.3 Å². The number of imidazole rings is 1. The van der Waals surface area contributed by atoms with Crippen molar-refractivity contribution in [2.75, 3.05) is 0 Å². The number of nitrogens with zero attached hydrogens (tertiary/aromatic N) is 5. The Balaban J connectivity index is 1.27. The summed E-state index contributed by atoms with van der Waals surface area (Å²) >= 11 is 0. The molecule has 0 amide bonds. The third-order valence-corrected chi connectivity index (χ3v) is 8.59. The van der Waals surface area contributed by atoms with E-state index >= 15 is 0 Å². The minimum Gasteiger partial charge on any atom is -0.268 e. The lowest BCUT2D eigenvalue weighted by atomic mass is 9.99. The van der Waals surface area contributed by atoms with E-state index in [-0.39, 0.29) is 5.56 Å². The monoisotopic (exact) mass is 603 g/mol. The molecule has 0 bridgehead atoms. The van der Waals surface area contributed by atoms with Crippen molar-refractivity contribution in [2.45, 2.75) is 0 Å². The van der Waals surface area contributed by atoms with Crippen LogP contribution >= 0.6 is 0 Å². The van der Waals surface area contributed by atoms with Gasteiger partial charge in [-0.3, -0.25) is 9.20 Å². The number of hydrogen-bond acceptors (Lipinski definition) is 5. The molecule has 0 radical (unpaired) electrons. The van der Waals surface area contributed by atoms with Gasteiger partial charge in [-0.05, 0) is 40.8 Å². The fourth-order valence-electron chi connectivity index (χ4n) is 6.36. The summed E-state index contributed by atoms with van der Waals surface area (Å²) in [4.78, 5) is 34.0. The first kappa shape index (κ1) is 26.8. The smallest absolute Gasteiger partial charge is 0.264 e. The van der Waals surface area contributed by atoms with Gasteiger partial charge in [-0.1, -0.05) is 127 Å². The van der Waals surface area contributed by atoms with Gasteiger partial charge in [-0.25, -0.2) is 19.9 Å². The number of aromatic nitrogens is 5. The van der Waals surface area contributed by atoms with Crippen LogP contribution in [0.4, 0.5) is 0 Å². The predicted octanol–water partition coefficient (Wildman–Crippen LogP) is 8.96. The van der Waals surface area contributed by atoms with Crippen molar-refractivity contribution in [2.24, 2.45) is 0 Å². The summed E-state index contributed by atoms with van der Waals surface area (Å²) in [7, 11) is 0. The molecule has 47 heavy (non-hydrogen) atoms. The van der Waals surface area contributed by atoms with E-state index in [0.29, 0.717) is 28.7 Å². The molecule has 0 N–H and O–H groups in total. The van der Waals surface area contributed by atoms with Gasteiger partial charge < -0.3 is 0 Å². The third kappa shape index (κ3) is 4.54. The lowest BCUT2D eigenvalue weighted by molar-refractivity contribution is 1.07. The maximum absolute atomic E-state index is 14.2. The molecular weight excluding hydrogens is 578 g/mol. The summed E-state index contributed by atoms with van der Waals surface area (Å²) in [5.41, 5.74) is 7.02. The quantitative estimate of drug-likeness (QED) is 0.184. The standard InChI is InChI=1S/C41H25N5O/c47-41-33-22-11-10-21-32(33)34-24-31(26-13-4-1-5-14-26)25-35-36(34)46(41)40(42-35)30-20-12-19-29(23-30)39-44-37(27-15-6-2-7-16-27)43-38(45-39)28-17-8-3-9-18-28/h1-25H. The van der Waals surface area contributed by atoms with Crippen molar-refractivity contribution in [1.29, 1.82) is 0 Å². The average Bonchev–Trinajstić information content (AvgIpc) is 3.55. The Morgan fingerprint density at radius 3 is 1.53 bits per heavy atom. The minimum absolute atomic E-state index is 0.0960. The average molecular weight is 604 g/mol. The fourth-order valence-corrected chi connectivity index (χ4v) is 6.36. The molecule has 0 spiro atoms. The van der Waals surface area contributed by atoms with Gasteiger partial charge in [0.1, 0.15) is 5.82 Å². The van der Waals surface area contributed by atoms with Crippen molar-refractivity contribution in [3.63, 3.8) is 0 Å². The molecular formula is C41H25N5O. The zero-order valence-corrected chi connectivity index (χ0v) is 25.1. The topological polar surface area (TPSA) is 73.0 Å². The Labute approximate surface area is 269 Å². The first-order valence-corrected chi connectivity index (χ1v) is 15.4. The van der Waals surface area contributed by atoms with Gasteiger partial charge in [0.15, 0.2) is 17.5 Å². The predicted molar refractivity (Wildman–Crippen MR) is 188 cm³/mol. The first-order chi connectivity index (χ1) is 23.2. The van der Waals surface area contributed by atoms with E-state index in [2.05, 4.69) is 24.3 Å². The number of pyridine rings is 1. The Bertz CT molecular complexity index is 2580. The van der Waals surface area contributed by atoms with Gasteiger partial charge in [0.2, 0.25) is 0 Å². The molecule has 0 fully saturated rings. The maximum Gasteiger partial charge on any atom is 0.264 e. The van der Waals surface area contributed by atoms with Gasteiger partial charge in [-0.15, -0.1) is 0 Å². The second-order valence-corrected chi connectivity index (χ2v) is 11.5. The van der Waals surface area contributed by atoms with Crippen molar-refractivity contribution >= 4 is 27.2 Å². The Kier molecular flexibility index (Phi) is 6.18. The van der Waals surface area contributed by atoms with Crippen molar-refractivity contribution in [3.05, 3.63) is 162 Å². The number of hydrogen-bond donors (Lipinski definition) is 0. The lowest BCUT2D eigenvalue weighted by Crippen LogP contribution is -2.14. The van der Waals surface area contributed by atoms with Crippen LogP contribution in [0.25, 0.3) is 83.9 Å². The molecule has 3 aromatic heterocycles. The summed E-state index contributed by atoms with van der Waals surface area (Å²) in [5.74, 6) is 2.30. The normalized spacial score (nSPS) is 11.5. The second kappa shape index (κ2) is 10.8. The van der Waals surface area contributed by atoms with E-state index in [1.165, 1.54) is 0 Å². The highest BCUT2D eigenvalue weighted by Crippen LogP contribution is 2.36. The number of rotatable bonds is 5. The first-order valence-electron chi connectivity index (χ1n) is 15.4. The van der Waals surface area contributed by atoms with Crippen LogP contribution in [0.2, 0.25) is 0 Å². The molecule has 0 aliphatic rings. The Hall–Kier alpha value is -6.53. The third-order valence-electron chi connectivity index (χ3n) is 8.59. The largest absolute Gasteiger partial charge is 0.268 e. The highest BCUT2D eigenvalue weighted by atomic mass is 16.1. The van der Waals surface area contributed by atoms with Crippen molar-refractivity contribution < 1.29 is 0 Å². The summed E-state index contributed by atoms with van der Waals surface area (Å²) < 4.78 is 1.76. The van der Waals surface area contributed by atoms with E-state index in [1.807, 2.05) is 127 Å². The SMILES string of the molecule is O=c1c2ccccc2c2cc(-c3ccccc3)cc3nc(-c4cccc(-c5nc(-c6ccccc6)nc(-c6ccccc6)n5)c4)n1c32. The Morgan fingerprint density at radius 2 is 0.894 bits per heavy atom. The Morgan fingerprint density at radius 1 is 0.383 bits per heavy atom. The van der Waals surface area contributed by atoms with Crippen LogP contribution in [0.5, 0.6) is 0 Å². The molecule has 9 rings (SSSR count). The van der Waals surface area contributed by atoms with Gasteiger partial charge in [0.25, 0.3) is 5.56 Å². The van der Waals surface area contributed by atoms with Crippen LogP contribution in [-0.2, 0) is 0 Å². The molecule has 6 aromatic carbocycles. The van der Waals surface area contributed by atoms with Crippen LogP contribution in [0.3, 0.4) is 0 Å². The molecule has 9 aromatic rings. The number of benzene rings is 6. The van der Waals surface area contributed by atoms with Crippen molar-refractivity contribution in [3.8, 4) is 56.7 Å². The van der Waals surface area contributed by atoms with E-state index in [1.54, 1.807) is 4.40 Å². The molecule has 0 aliphatic carbocycles. The van der Waals surface area contributed by atoms with E-state index in [4.69, 9.17) is 19.9 Å². The molecule has 0 unspecified atom stereocenters. The van der Waals surface area contributed by atoms with Gasteiger partial charge >= 0.3 is 0 Å².